The Labute approximate surface area is 96.0 Å². The van der Waals surface area contributed by atoms with E-state index in [2.05, 4.69) is 0 Å². The van der Waals surface area contributed by atoms with Gasteiger partial charge in [-0.05, 0) is 34.1 Å². The van der Waals surface area contributed by atoms with Crippen molar-refractivity contribution in [2.45, 2.75) is 45.8 Å². The van der Waals surface area contributed by atoms with E-state index in [1.165, 1.54) is 6.92 Å². The first-order valence-corrected chi connectivity index (χ1v) is 6.58. The van der Waals surface area contributed by atoms with Gasteiger partial charge in [0, 0.05) is 0 Å². The molecular formula is C9H19NO5S. The summed E-state index contributed by atoms with van der Waals surface area (Å²) in [7, 11) is -3.73. The highest BCUT2D eigenvalue weighted by atomic mass is 32.2. The second-order valence-electron chi connectivity index (χ2n) is 4.56. The van der Waals surface area contributed by atoms with Crippen LogP contribution in [0.2, 0.25) is 0 Å². The van der Waals surface area contributed by atoms with Gasteiger partial charge in [-0.1, -0.05) is 0 Å². The lowest BCUT2D eigenvalue weighted by atomic mass is 10.2. The Morgan fingerprint density at radius 3 is 2.31 bits per heavy atom. The molecule has 0 spiro atoms. The minimum absolute atomic E-state index is 0.0676. The number of nitrogens with one attached hydrogen (secondary N) is 1. The molecule has 0 aliphatic heterocycles. The summed E-state index contributed by atoms with van der Waals surface area (Å²) in [5.41, 5.74) is -0.746. The molecule has 0 saturated carbocycles. The fourth-order valence-corrected chi connectivity index (χ4v) is 1.85. The van der Waals surface area contributed by atoms with Crippen molar-refractivity contribution in [3.05, 3.63) is 0 Å². The van der Waals surface area contributed by atoms with Crippen molar-refractivity contribution in [2.75, 3.05) is 5.75 Å². The van der Waals surface area contributed by atoms with Crippen molar-refractivity contribution in [1.82, 2.24) is 4.72 Å². The van der Waals surface area contributed by atoms with E-state index in [0.717, 1.165) is 0 Å². The summed E-state index contributed by atoms with van der Waals surface area (Å²) in [5.74, 6) is -0.316. The van der Waals surface area contributed by atoms with Crippen LogP contribution in [-0.4, -0.2) is 37.1 Å². The van der Waals surface area contributed by atoms with E-state index in [1.807, 2.05) is 0 Å². The van der Waals surface area contributed by atoms with Crippen LogP contribution in [-0.2, 0) is 14.8 Å². The van der Waals surface area contributed by atoms with Gasteiger partial charge in [-0.15, -0.1) is 0 Å². The van der Waals surface area contributed by atoms with Crippen LogP contribution in [0.5, 0.6) is 0 Å². The van der Waals surface area contributed by atoms with Crippen molar-refractivity contribution in [3.63, 3.8) is 0 Å². The van der Waals surface area contributed by atoms with Crippen molar-refractivity contribution >= 4 is 16.1 Å². The van der Waals surface area contributed by atoms with Gasteiger partial charge in [0.1, 0.15) is 5.60 Å². The Kier molecular flexibility index (Phi) is 5.21. The van der Waals surface area contributed by atoms with Crippen LogP contribution in [0.4, 0.5) is 4.79 Å². The molecule has 0 bridgehead atoms. The first-order chi connectivity index (χ1) is 7.02. The molecule has 0 rings (SSSR count). The molecule has 1 unspecified atom stereocenters. The predicted octanol–water partition coefficient (Wildman–Crippen LogP) is 0.612. The molecule has 0 aromatic carbocycles. The number of hydrogen-bond donors (Lipinski definition) is 2. The predicted molar refractivity (Wildman–Crippen MR) is 59.5 cm³/mol. The third-order valence-electron chi connectivity index (χ3n) is 1.44. The zero-order valence-corrected chi connectivity index (χ0v) is 10.8. The molecule has 0 aliphatic rings. The lowest BCUT2D eigenvalue weighted by Gasteiger charge is -2.19. The van der Waals surface area contributed by atoms with Gasteiger partial charge in [-0.2, -0.15) is 0 Å². The largest absolute Gasteiger partial charge is 0.443 e. The van der Waals surface area contributed by atoms with Gasteiger partial charge in [0.25, 0.3) is 0 Å². The van der Waals surface area contributed by atoms with Crippen LogP contribution < -0.4 is 4.72 Å². The lowest BCUT2D eigenvalue weighted by molar-refractivity contribution is 0.0570. The first kappa shape index (κ1) is 15.2. The molecule has 16 heavy (non-hydrogen) atoms. The number of aliphatic hydroxyl groups is 1. The van der Waals surface area contributed by atoms with Gasteiger partial charge in [-0.3, -0.25) is 0 Å². The van der Waals surface area contributed by atoms with E-state index in [4.69, 9.17) is 9.84 Å². The summed E-state index contributed by atoms with van der Waals surface area (Å²) in [6, 6.07) is 0. The Balaban J connectivity index is 4.22. The molecular weight excluding hydrogens is 234 g/mol. The lowest BCUT2D eigenvalue weighted by Crippen LogP contribution is -2.37. The number of carbonyl (C=O) groups excluding carboxylic acids is 1. The van der Waals surface area contributed by atoms with Crippen LogP contribution in [0.25, 0.3) is 0 Å². The summed E-state index contributed by atoms with van der Waals surface area (Å²) in [5, 5.41) is 8.93. The molecule has 7 heteroatoms. The first-order valence-electron chi connectivity index (χ1n) is 4.93. The fourth-order valence-electron chi connectivity index (χ4n) is 0.803. The number of carbonyl (C=O) groups is 1. The minimum atomic E-state index is -3.73. The van der Waals surface area contributed by atoms with E-state index >= 15 is 0 Å². The third kappa shape index (κ3) is 8.49. The zero-order chi connectivity index (χ0) is 13.0. The number of ether oxygens (including phenoxy) is 1. The number of aliphatic hydroxyl groups excluding tert-OH is 1. The number of hydrogen-bond acceptors (Lipinski definition) is 5. The fraction of sp³-hybridized carbons (Fsp3) is 0.889. The standard InChI is InChI=1S/C9H19NO5S/c1-7(11)5-6-16(13,14)10-8(12)15-9(2,3)4/h7,11H,5-6H2,1-4H3,(H,10,12). The molecule has 6 nitrogen and oxygen atoms in total. The second kappa shape index (κ2) is 5.49. The molecule has 1 atom stereocenters. The number of amides is 1. The quantitative estimate of drug-likeness (QED) is 0.765. The van der Waals surface area contributed by atoms with Crippen LogP contribution >= 0.6 is 0 Å². The summed E-state index contributed by atoms with van der Waals surface area (Å²) in [4.78, 5) is 11.1. The Morgan fingerprint density at radius 2 is 1.94 bits per heavy atom. The summed E-state index contributed by atoms with van der Waals surface area (Å²) < 4.78 is 29.2. The normalized spacial score (nSPS) is 14.3. The molecule has 0 radical (unpaired) electrons. The molecule has 0 saturated heterocycles. The van der Waals surface area contributed by atoms with Gasteiger partial charge in [0.05, 0.1) is 11.9 Å². The highest BCUT2D eigenvalue weighted by Crippen LogP contribution is 2.07. The summed E-state index contributed by atoms with van der Waals surface area (Å²) >= 11 is 0. The van der Waals surface area contributed by atoms with Crippen LogP contribution in [0.15, 0.2) is 0 Å². The van der Waals surface area contributed by atoms with E-state index < -0.39 is 27.8 Å². The van der Waals surface area contributed by atoms with Gasteiger partial charge >= 0.3 is 6.09 Å². The maximum atomic E-state index is 11.3. The third-order valence-corrected chi connectivity index (χ3v) is 2.69. The average Bonchev–Trinajstić information content (AvgIpc) is 1.95. The van der Waals surface area contributed by atoms with Crippen LogP contribution in [0.3, 0.4) is 0 Å². The van der Waals surface area contributed by atoms with E-state index in [1.54, 1.807) is 25.5 Å². The molecule has 0 aromatic heterocycles. The van der Waals surface area contributed by atoms with Gasteiger partial charge in [0.2, 0.25) is 10.0 Å². The summed E-state index contributed by atoms with van der Waals surface area (Å²) in [6.45, 7) is 6.38. The Hall–Kier alpha value is -0.820. The molecule has 0 fully saturated rings. The van der Waals surface area contributed by atoms with E-state index in [9.17, 15) is 13.2 Å². The van der Waals surface area contributed by atoms with Crippen LogP contribution in [0, 0.1) is 0 Å². The minimum Gasteiger partial charge on any atom is -0.443 e. The number of sulfonamides is 1. The molecule has 2 N–H and O–H groups in total. The average molecular weight is 253 g/mol. The monoisotopic (exact) mass is 253 g/mol. The molecule has 1 amide bonds. The molecule has 0 aliphatic carbocycles. The highest BCUT2D eigenvalue weighted by Gasteiger charge is 2.21. The SMILES string of the molecule is CC(O)CCS(=O)(=O)NC(=O)OC(C)(C)C. The molecule has 0 aromatic rings. The Morgan fingerprint density at radius 1 is 1.44 bits per heavy atom. The van der Waals surface area contributed by atoms with Gasteiger partial charge in [0.15, 0.2) is 0 Å². The summed E-state index contributed by atoms with van der Waals surface area (Å²) in [6.07, 6.45) is -1.66. The maximum absolute atomic E-state index is 11.3. The Bertz CT molecular complexity index is 328. The highest BCUT2D eigenvalue weighted by molar-refractivity contribution is 7.90. The van der Waals surface area contributed by atoms with E-state index in [-0.39, 0.29) is 12.2 Å². The zero-order valence-electron chi connectivity index (χ0n) is 9.98. The molecule has 0 heterocycles. The van der Waals surface area contributed by atoms with Crippen molar-refractivity contribution in [3.8, 4) is 0 Å². The molecule has 96 valence electrons. The second-order valence-corrected chi connectivity index (χ2v) is 6.40. The van der Waals surface area contributed by atoms with E-state index in [0.29, 0.717) is 0 Å². The van der Waals surface area contributed by atoms with Gasteiger partial charge in [-0.25, -0.2) is 17.9 Å². The van der Waals surface area contributed by atoms with Gasteiger partial charge < -0.3 is 9.84 Å². The number of rotatable bonds is 4. The van der Waals surface area contributed by atoms with Crippen LogP contribution in [0.1, 0.15) is 34.1 Å². The smallest absolute Gasteiger partial charge is 0.421 e. The van der Waals surface area contributed by atoms with Crippen molar-refractivity contribution in [2.24, 2.45) is 0 Å². The van der Waals surface area contributed by atoms with Crippen molar-refractivity contribution < 1.29 is 23.1 Å². The maximum Gasteiger partial charge on any atom is 0.421 e. The topological polar surface area (TPSA) is 92.7 Å². The van der Waals surface area contributed by atoms with Crippen molar-refractivity contribution in [1.29, 1.82) is 0 Å².